The summed E-state index contributed by atoms with van der Waals surface area (Å²) in [5, 5.41) is 24.0. The van der Waals surface area contributed by atoms with Gasteiger partial charge in [0, 0.05) is 25.4 Å². The third kappa shape index (κ3) is 21.6. The molecule has 9 heteroatoms. The van der Waals surface area contributed by atoms with Crippen molar-refractivity contribution in [2.75, 3.05) is 19.8 Å². The monoisotopic (exact) mass is 635 g/mol. The second-order valence-electron chi connectivity index (χ2n) is 10.5. The number of esters is 1. The Hall–Kier alpha value is -4.08. The lowest BCUT2D eigenvalue weighted by atomic mass is 10.1. The summed E-state index contributed by atoms with van der Waals surface area (Å²) in [6.45, 7) is 1.52. The van der Waals surface area contributed by atoms with Gasteiger partial charge in [-0.2, -0.15) is 0 Å². The number of aliphatic hydroxyl groups is 2. The van der Waals surface area contributed by atoms with Crippen LogP contribution >= 0.6 is 0 Å². The molecule has 0 aliphatic heterocycles. The number of nitrogens with zero attached hydrogens (tertiary/aromatic N) is 1. The van der Waals surface area contributed by atoms with Crippen molar-refractivity contribution in [1.29, 1.82) is 0 Å². The van der Waals surface area contributed by atoms with Gasteiger partial charge in [-0.25, -0.2) is 4.79 Å². The van der Waals surface area contributed by atoms with Crippen LogP contribution in [0.15, 0.2) is 97.4 Å². The quantitative estimate of drug-likeness (QED) is 0.0602. The Labute approximate surface area is 274 Å². The number of nitrogens with one attached hydrogen (secondary N) is 2. The van der Waals surface area contributed by atoms with Gasteiger partial charge in [-0.1, -0.05) is 79.8 Å². The number of carbonyl (C=O) groups is 3. The lowest BCUT2D eigenvalue weighted by Crippen LogP contribution is -2.44. The lowest BCUT2D eigenvalue weighted by molar-refractivity contribution is -0.156. The van der Waals surface area contributed by atoms with E-state index in [1.165, 1.54) is 12.4 Å². The molecule has 0 saturated heterocycles. The van der Waals surface area contributed by atoms with Crippen molar-refractivity contribution in [3.63, 3.8) is 0 Å². The van der Waals surface area contributed by atoms with Crippen LogP contribution in [0.4, 0.5) is 0 Å². The predicted octanol–water partition coefficient (Wildman–Crippen LogP) is 5.84. The Bertz CT molecular complexity index is 1140. The second kappa shape index (κ2) is 28.4. The average Bonchev–Trinajstić information content (AvgIpc) is 3.07. The number of allylic oxidation sites excluding steroid dienone is 12. The number of aromatic nitrogens is 1. The number of amides is 2. The molecule has 1 rings (SSSR count). The van der Waals surface area contributed by atoms with E-state index in [2.05, 4.69) is 89.4 Å². The molecule has 252 valence electrons. The smallest absolute Gasteiger partial charge is 0.329 e. The molecular formula is C37H53N3O6. The zero-order valence-corrected chi connectivity index (χ0v) is 27.3. The maximum atomic E-state index is 12.6. The number of rotatable bonds is 25. The van der Waals surface area contributed by atoms with E-state index in [0.717, 1.165) is 38.5 Å². The fraction of sp³-hybridized carbons (Fsp3) is 0.459. The maximum Gasteiger partial charge on any atom is 0.329 e. The van der Waals surface area contributed by atoms with Crippen LogP contribution in [-0.4, -0.2) is 64.9 Å². The Kier molecular flexibility index (Phi) is 24.7. The summed E-state index contributed by atoms with van der Waals surface area (Å²) in [5.41, 5.74) is 0.292. The van der Waals surface area contributed by atoms with Crippen molar-refractivity contribution >= 4 is 17.8 Å². The van der Waals surface area contributed by atoms with Gasteiger partial charge in [0.15, 0.2) is 0 Å². The summed E-state index contributed by atoms with van der Waals surface area (Å²) in [6, 6.07) is 2.21. The first-order valence-corrected chi connectivity index (χ1v) is 16.3. The van der Waals surface area contributed by atoms with E-state index < -0.39 is 37.2 Å². The highest BCUT2D eigenvalue weighted by Gasteiger charge is 2.25. The first-order valence-electron chi connectivity index (χ1n) is 16.3. The highest BCUT2D eigenvalue weighted by Crippen LogP contribution is 2.07. The summed E-state index contributed by atoms with van der Waals surface area (Å²) < 4.78 is 5.11. The van der Waals surface area contributed by atoms with Gasteiger partial charge in [0.2, 0.25) is 5.91 Å². The first kappa shape index (κ1) is 39.9. The van der Waals surface area contributed by atoms with Crippen LogP contribution in [0.1, 0.15) is 87.9 Å². The van der Waals surface area contributed by atoms with Crippen LogP contribution in [0.5, 0.6) is 0 Å². The zero-order valence-electron chi connectivity index (χ0n) is 27.3. The van der Waals surface area contributed by atoms with E-state index in [4.69, 9.17) is 4.74 Å². The fourth-order valence-electron chi connectivity index (χ4n) is 4.01. The van der Waals surface area contributed by atoms with E-state index in [-0.39, 0.29) is 12.3 Å². The van der Waals surface area contributed by atoms with Crippen LogP contribution in [0, 0.1) is 0 Å². The Morgan fingerprint density at radius 1 is 0.826 bits per heavy atom. The molecule has 0 aliphatic rings. The minimum atomic E-state index is -1.06. The molecule has 0 saturated carbocycles. The van der Waals surface area contributed by atoms with Crippen molar-refractivity contribution in [2.45, 2.75) is 89.7 Å². The van der Waals surface area contributed by atoms with Gasteiger partial charge in [-0.05, 0) is 76.3 Å². The SMILES string of the molecule is CC/C=C\C/C=C\C/C=C\C/C=C\C/C=C\C/C=C\CCC(=O)NCCCCC(NC(=O)c1cccnc1)C(=O)OC(CO)CO. The average molecular weight is 636 g/mol. The summed E-state index contributed by atoms with van der Waals surface area (Å²) in [7, 11) is 0. The lowest BCUT2D eigenvalue weighted by Gasteiger charge is -2.20. The molecule has 2 amide bonds. The number of unbranched alkanes of at least 4 members (excludes halogenated alkanes) is 1. The molecule has 1 unspecified atom stereocenters. The largest absolute Gasteiger partial charge is 0.456 e. The molecular weight excluding hydrogens is 582 g/mol. The number of hydrogen-bond donors (Lipinski definition) is 4. The third-order valence-electron chi connectivity index (χ3n) is 6.58. The molecule has 0 spiro atoms. The Morgan fingerprint density at radius 3 is 1.91 bits per heavy atom. The molecule has 0 fully saturated rings. The number of ether oxygens (including phenoxy) is 1. The standard InChI is InChI=1S/C37H53N3O6/c1-2-3-4-5-6-7-8-9-10-11-12-13-14-15-16-17-18-19-20-26-35(43)39-28-22-21-25-34(37(45)46-33(30-41)31-42)40-36(44)32-24-23-27-38-29-32/h3-4,6-7,9-10,12-13,15-16,18-19,23-24,27,29,33-34,41-42H,2,5,8,11,14,17,20-22,25-26,28,30-31H2,1H3,(H,39,43)(H,40,44)/b4-3-,7-6-,10-9-,13-12-,16-15-,19-18-. The number of aliphatic hydroxyl groups excluding tert-OH is 2. The molecule has 9 nitrogen and oxygen atoms in total. The summed E-state index contributed by atoms with van der Waals surface area (Å²) in [6.07, 6.45) is 35.8. The number of carbonyl (C=O) groups excluding carboxylic acids is 3. The van der Waals surface area contributed by atoms with Gasteiger partial charge in [0.1, 0.15) is 12.1 Å². The molecule has 1 aromatic heterocycles. The normalized spacial score (nSPS) is 12.9. The molecule has 0 aliphatic carbocycles. The van der Waals surface area contributed by atoms with Gasteiger partial charge in [0.05, 0.1) is 18.8 Å². The molecule has 1 atom stereocenters. The van der Waals surface area contributed by atoms with Gasteiger partial charge in [0.25, 0.3) is 5.91 Å². The maximum absolute atomic E-state index is 12.6. The molecule has 1 aromatic rings. The van der Waals surface area contributed by atoms with Crippen LogP contribution in [-0.2, 0) is 14.3 Å². The molecule has 1 heterocycles. The third-order valence-corrected chi connectivity index (χ3v) is 6.58. The van der Waals surface area contributed by atoms with Crippen LogP contribution in [0.25, 0.3) is 0 Å². The van der Waals surface area contributed by atoms with Crippen molar-refractivity contribution < 1.29 is 29.3 Å². The predicted molar refractivity (Wildman–Crippen MR) is 184 cm³/mol. The van der Waals surface area contributed by atoms with Crippen molar-refractivity contribution in [3.8, 4) is 0 Å². The van der Waals surface area contributed by atoms with Crippen LogP contribution < -0.4 is 10.6 Å². The summed E-state index contributed by atoms with van der Waals surface area (Å²) >= 11 is 0. The van der Waals surface area contributed by atoms with E-state index in [0.29, 0.717) is 37.8 Å². The molecule has 0 aromatic carbocycles. The molecule has 46 heavy (non-hydrogen) atoms. The summed E-state index contributed by atoms with van der Waals surface area (Å²) in [4.78, 5) is 41.2. The molecule has 0 bridgehead atoms. The zero-order chi connectivity index (χ0) is 33.5. The van der Waals surface area contributed by atoms with Crippen molar-refractivity contribution in [2.24, 2.45) is 0 Å². The highest BCUT2D eigenvalue weighted by atomic mass is 16.6. The van der Waals surface area contributed by atoms with E-state index in [1.54, 1.807) is 12.1 Å². The second-order valence-corrected chi connectivity index (χ2v) is 10.5. The molecule has 0 radical (unpaired) electrons. The van der Waals surface area contributed by atoms with Crippen molar-refractivity contribution in [1.82, 2.24) is 15.6 Å². The number of hydrogen-bond acceptors (Lipinski definition) is 7. The Morgan fingerprint density at radius 2 is 1.39 bits per heavy atom. The van der Waals surface area contributed by atoms with Gasteiger partial charge >= 0.3 is 5.97 Å². The van der Waals surface area contributed by atoms with Crippen LogP contribution in [0.3, 0.4) is 0 Å². The number of pyridine rings is 1. The molecule has 4 N–H and O–H groups in total. The minimum absolute atomic E-state index is 0.0471. The van der Waals surface area contributed by atoms with Gasteiger partial charge in [-0.15, -0.1) is 0 Å². The van der Waals surface area contributed by atoms with Gasteiger partial charge in [-0.3, -0.25) is 14.6 Å². The van der Waals surface area contributed by atoms with E-state index in [9.17, 15) is 24.6 Å². The van der Waals surface area contributed by atoms with Gasteiger partial charge < -0.3 is 25.6 Å². The topological polar surface area (TPSA) is 138 Å². The van der Waals surface area contributed by atoms with Crippen LogP contribution in [0.2, 0.25) is 0 Å². The van der Waals surface area contributed by atoms with E-state index >= 15 is 0 Å². The highest BCUT2D eigenvalue weighted by molar-refractivity contribution is 5.96. The first-order chi connectivity index (χ1) is 22.5. The van der Waals surface area contributed by atoms with E-state index in [1.807, 2.05) is 6.08 Å². The van der Waals surface area contributed by atoms with Crippen molar-refractivity contribution in [3.05, 3.63) is 103 Å². The minimum Gasteiger partial charge on any atom is -0.456 e. The Balaban J connectivity index is 2.21. The summed E-state index contributed by atoms with van der Waals surface area (Å²) in [5.74, 6) is -1.28. The fourth-order valence-corrected chi connectivity index (χ4v) is 4.01.